The Morgan fingerprint density at radius 3 is 2.94 bits per heavy atom. The third-order valence-corrected chi connectivity index (χ3v) is 7.09. The Labute approximate surface area is 197 Å². The van der Waals surface area contributed by atoms with E-state index in [0.29, 0.717) is 5.57 Å². The number of nitrogen functional groups attached to an aromatic ring is 1. The maximum absolute atomic E-state index is 12.7. The van der Waals surface area contributed by atoms with Crippen molar-refractivity contribution in [2.75, 3.05) is 17.2 Å². The van der Waals surface area contributed by atoms with Gasteiger partial charge in [-0.15, -0.1) is 34.9 Å². The van der Waals surface area contributed by atoms with Crippen LogP contribution in [0.3, 0.4) is 0 Å². The topological polar surface area (TPSA) is 171 Å². The highest BCUT2D eigenvalue weighted by atomic mass is 32.2. The van der Waals surface area contributed by atoms with Crippen molar-refractivity contribution >= 4 is 63.5 Å². The predicted molar refractivity (Wildman–Crippen MR) is 117 cm³/mol. The van der Waals surface area contributed by atoms with Crippen LogP contribution in [0.1, 0.15) is 5.69 Å². The summed E-state index contributed by atoms with van der Waals surface area (Å²) in [6.45, 7) is -3.29. The first-order valence-corrected chi connectivity index (χ1v) is 11.8. The molecule has 1 saturated heterocycles. The van der Waals surface area contributed by atoms with E-state index in [9.17, 15) is 28.3 Å². The van der Waals surface area contributed by atoms with Crippen molar-refractivity contribution in [3.8, 4) is 6.07 Å². The Bertz CT molecular complexity index is 1100. The molecule has 3 rings (SSSR count). The van der Waals surface area contributed by atoms with Gasteiger partial charge >= 0.3 is 12.6 Å². The van der Waals surface area contributed by atoms with Crippen molar-refractivity contribution in [1.82, 2.24) is 15.2 Å². The predicted octanol–water partition coefficient (Wildman–Crippen LogP) is 1.18. The summed E-state index contributed by atoms with van der Waals surface area (Å²) in [6, 6.07) is 0.707. The standard InChI is InChI=1S/C17H14F2N6O5S3/c18-16(19)30-24-9(8-6-33-17(21)22-8)12(26)23-10-13(27)25-11(15(28)29)7(5-32-14(10)25)4-31-3-1-2-20/h1,3,6,10,14,16H,4-5H2,(H2,21,22)(H,23,26)(H,28,29)/b3-1-,24-9+/t10?,14-/m1/s1. The van der Waals surface area contributed by atoms with Crippen LogP contribution in [-0.4, -0.2) is 68.0 Å². The SMILES string of the molecule is N#C/C=C\SCC1=C(C(=O)O)N2C(=O)C(NC(=O)/C(=N/OC(F)F)c3csc(N)n3)[C@H]2SC1. The molecule has 0 spiro atoms. The van der Waals surface area contributed by atoms with E-state index in [1.54, 1.807) is 0 Å². The van der Waals surface area contributed by atoms with Crippen LogP contribution < -0.4 is 11.1 Å². The number of thioether (sulfide) groups is 2. The normalized spacial score (nSPS) is 20.5. The summed E-state index contributed by atoms with van der Waals surface area (Å²) < 4.78 is 24.9. The number of alkyl halides is 2. The van der Waals surface area contributed by atoms with Gasteiger partial charge in [0, 0.05) is 23.0 Å². The Kier molecular flexibility index (Phi) is 7.89. The maximum Gasteiger partial charge on any atom is 0.407 e. The second kappa shape index (κ2) is 10.6. The number of β-lactam (4-membered cyclic amide) rings is 1. The lowest BCUT2D eigenvalue weighted by atomic mass is 10.0. The van der Waals surface area contributed by atoms with Crippen molar-refractivity contribution in [2.45, 2.75) is 18.0 Å². The first-order valence-electron chi connectivity index (χ1n) is 8.85. The molecule has 16 heteroatoms. The third-order valence-electron chi connectivity index (χ3n) is 4.24. The molecule has 2 aliphatic heterocycles. The second-order valence-electron chi connectivity index (χ2n) is 6.24. The number of aromatic nitrogens is 1. The molecule has 3 heterocycles. The molecule has 1 aromatic heterocycles. The number of carbonyl (C=O) groups excluding carboxylic acids is 2. The fourth-order valence-electron chi connectivity index (χ4n) is 2.92. The largest absolute Gasteiger partial charge is 0.477 e. The number of nitrogens with two attached hydrogens (primary N) is 1. The smallest absolute Gasteiger partial charge is 0.407 e. The molecule has 174 valence electrons. The van der Waals surface area contributed by atoms with Gasteiger partial charge in [-0.25, -0.2) is 9.78 Å². The van der Waals surface area contributed by atoms with Crippen molar-refractivity contribution in [3.05, 3.63) is 33.8 Å². The van der Waals surface area contributed by atoms with Crippen molar-refractivity contribution in [2.24, 2.45) is 5.16 Å². The summed E-state index contributed by atoms with van der Waals surface area (Å²) in [5, 5.41) is 25.8. The van der Waals surface area contributed by atoms with Crippen LogP contribution in [0.5, 0.6) is 0 Å². The van der Waals surface area contributed by atoms with Gasteiger partial charge in [0.05, 0.1) is 6.07 Å². The van der Waals surface area contributed by atoms with Crippen LogP contribution in [-0.2, 0) is 19.2 Å². The molecule has 1 aromatic rings. The third kappa shape index (κ3) is 5.43. The number of hydrogen-bond donors (Lipinski definition) is 3. The number of carbonyl (C=O) groups is 3. The number of fused-ring (bicyclic) bond motifs is 1. The van der Waals surface area contributed by atoms with Crippen molar-refractivity contribution < 1.29 is 33.1 Å². The molecular formula is C17H14F2N6O5S3. The zero-order chi connectivity index (χ0) is 24.1. The van der Waals surface area contributed by atoms with Crippen LogP contribution >= 0.6 is 34.9 Å². The lowest BCUT2D eigenvalue weighted by molar-refractivity contribution is -0.150. The van der Waals surface area contributed by atoms with Gasteiger partial charge in [0.25, 0.3) is 11.8 Å². The van der Waals surface area contributed by atoms with Gasteiger partial charge in [-0.2, -0.15) is 14.0 Å². The minimum atomic E-state index is -3.29. The fourth-order valence-corrected chi connectivity index (χ4v) is 5.64. The van der Waals surface area contributed by atoms with E-state index in [-0.39, 0.29) is 28.0 Å². The van der Waals surface area contributed by atoms with E-state index < -0.39 is 41.5 Å². The molecular weight excluding hydrogens is 502 g/mol. The number of nitrogens with zero attached hydrogens (tertiary/aromatic N) is 4. The van der Waals surface area contributed by atoms with Crippen LogP contribution in [0, 0.1) is 11.3 Å². The summed E-state index contributed by atoms with van der Waals surface area (Å²) in [6.07, 6.45) is 1.25. The molecule has 2 aliphatic rings. The average molecular weight is 517 g/mol. The number of nitrogens with one attached hydrogen (secondary N) is 1. The first-order chi connectivity index (χ1) is 15.7. The van der Waals surface area contributed by atoms with Gasteiger partial charge in [-0.1, -0.05) is 5.16 Å². The number of aliphatic carboxylic acids is 1. The highest BCUT2D eigenvalue weighted by Crippen LogP contribution is 2.41. The second-order valence-corrected chi connectivity index (χ2v) is 9.13. The Hall–Kier alpha value is -3.16. The van der Waals surface area contributed by atoms with Gasteiger partial charge in [-0.3, -0.25) is 14.5 Å². The summed E-state index contributed by atoms with van der Waals surface area (Å²) in [4.78, 5) is 46.0. The van der Waals surface area contributed by atoms with E-state index in [1.807, 2.05) is 6.07 Å². The number of nitriles is 1. The van der Waals surface area contributed by atoms with Gasteiger partial charge in [0.15, 0.2) is 10.8 Å². The minimum Gasteiger partial charge on any atom is -0.477 e. The number of hydrogen-bond acceptors (Lipinski definition) is 11. The molecule has 0 aliphatic carbocycles. The van der Waals surface area contributed by atoms with Crippen molar-refractivity contribution in [1.29, 1.82) is 5.26 Å². The molecule has 0 radical (unpaired) electrons. The van der Waals surface area contributed by atoms with E-state index in [2.05, 4.69) is 20.3 Å². The van der Waals surface area contributed by atoms with Crippen LogP contribution in [0.2, 0.25) is 0 Å². The van der Waals surface area contributed by atoms with Crippen LogP contribution in [0.25, 0.3) is 0 Å². The molecule has 11 nitrogen and oxygen atoms in total. The van der Waals surface area contributed by atoms with E-state index in [4.69, 9.17) is 11.0 Å². The number of carboxylic acid groups (broad SMARTS) is 1. The molecule has 0 saturated carbocycles. The van der Waals surface area contributed by atoms with E-state index >= 15 is 0 Å². The Morgan fingerprint density at radius 1 is 1.58 bits per heavy atom. The van der Waals surface area contributed by atoms with Gasteiger partial charge in [0.2, 0.25) is 0 Å². The number of thiazole rings is 1. The van der Waals surface area contributed by atoms with Crippen LogP contribution in [0.4, 0.5) is 13.9 Å². The number of allylic oxidation sites excluding steroid dienone is 1. The quantitative estimate of drug-likeness (QED) is 0.187. The molecule has 33 heavy (non-hydrogen) atoms. The molecule has 0 bridgehead atoms. The van der Waals surface area contributed by atoms with Crippen LogP contribution in [0.15, 0.2) is 33.3 Å². The first kappa shape index (κ1) is 24.5. The summed E-state index contributed by atoms with van der Waals surface area (Å²) >= 11 is 3.38. The Balaban J connectivity index is 1.77. The number of amides is 2. The lowest BCUT2D eigenvalue weighted by Crippen LogP contribution is -2.71. The monoisotopic (exact) mass is 516 g/mol. The lowest BCUT2D eigenvalue weighted by Gasteiger charge is -2.49. The highest BCUT2D eigenvalue weighted by molar-refractivity contribution is 8.02. The average Bonchev–Trinajstić information content (AvgIpc) is 3.20. The highest BCUT2D eigenvalue weighted by Gasteiger charge is 2.54. The molecule has 4 N–H and O–H groups in total. The van der Waals surface area contributed by atoms with Gasteiger partial charge < -0.3 is 21.0 Å². The summed E-state index contributed by atoms with van der Waals surface area (Å²) in [5.74, 6) is -2.46. The number of anilines is 1. The zero-order valence-corrected chi connectivity index (χ0v) is 18.8. The molecule has 0 aromatic carbocycles. The molecule has 2 atom stereocenters. The maximum atomic E-state index is 12.7. The number of rotatable bonds is 9. The Morgan fingerprint density at radius 2 is 2.33 bits per heavy atom. The molecule has 1 unspecified atom stereocenters. The molecule has 1 fully saturated rings. The van der Waals surface area contributed by atoms with Crippen molar-refractivity contribution in [3.63, 3.8) is 0 Å². The van der Waals surface area contributed by atoms with E-state index in [0.717, 1.165) is 16.2 Å². The van der Waals surface area contributed by atoms with Gasteiger partial charge in [0.1, 0.15) is 22.8 Å². The summed E-state index contributed by atoms with van der Waals surface area (Å²) in [5.41, 5.74) is 5.09. The summed E-state index contributed by atoms with van der Waals surface area (Å²) in [7, 11) is 0. The van der Waals surface area contributed by atoms with E-state index in [1.165, 1.54) is 40.4 Å². The van der Waals surface area contributed by atoms with Gasteiger partial charge in [-0.05, 0) is 11.0 Å². The number of halogens is 2. The fraction of sp³-hybridized carbons (Fsp3) is 0.294. The number of oxime groups is 1. The number of carboxylic acids is 1. The zero-order valence-electron chi connectivity index (χ0n) is 16.3. The molecule has 2 amide bonds. The minimum absolute atomic E-state index is 0.0579.